The van der Waals surface area contributed by atoms with Gasteiger partial charge in [-0.2, -0.15) is 0 Å². The maximum atomic E-state index is 12.6. The molecule has 6 nitrogen and oxygen atoms in total. The van der Waals surface area contributed by atoms with Crippen molar-refractivity contribution in [2.24, 2.45) is 5.92 Å². The Kier molecular flexibility index (Phi) is 6.55. The Labute approximate surface area is 159 Å². The molecule has 2 aliphatic heterocycles. The van der Waals surface area contributed by atoms with Crippen LogP contribution < -0.4 is 5.32 Å². The summed E-state index contributed by atoms with van der Waals surface area (Å²) < 4.78 is 32.2. The maximum Gasteiger partial charge on any atom is 0.223 e. The summed E-state index contributed by atoms with van der Waals surface area (Å²) in [5.41, 5.74) is 0.602. The van der Waals surface area contributed by atoms with Gasteiger partial charge in [0.15, 0.2) is 0 Å². The van der Waals surface area contributed by atoms with E-state index in [1.165, 1.54) is 4.31 Å². The first-order valence-corrected chi connectivity index (χ1v) is 11.0. The molecule has 2 saturated heterocycles. The van der Waals surface area contributed by atoms with Crippen LogP contribution in [-0.2, 0) is 25.3 Å². The highest BCUT2D eigenvalue weighted by Gasteiger charge is 2.31. The Bertz CT molecular complexity index is 726. The van der Waals surface area contributed by atoms with Gasteiger partial charge >= 0.3 is 0 Å². The van der Waals surface area contributed by atoms with E-state index in [1.807, 2.05) is 0 Å². The standard InChI is InChI=1S/C18H25ClN2O4S/c19-17-6-2-1-4-15(17)13-26(23,24)21-9-7-14(8-10-21)18(22)20-12-16-5-3-11-25-16/h1-2,4,6,14,16H,3,5,7-13H2,(H,20,22)/t16-/m0/s1. The zero-order valence-electron chi connectivity index (χ0n) is 14.7. The van der Waals surface area contributed by atoms with Crippen molar-refractivity contribution in [2.45, 2.75) is 37.5 Å². The molecule has 8 heteroatoms. The van der Waals surface area contributed by atoms with Crippen LogP contribution in [0.4, 0.5) is 0 Å². The van der Waals surface area contributed by atoms with Gasteiger partial charge in [0, 0.05) is 37.2 Å². The molecule has 1 amide bonds. The molecule has 144 valence electrons. The Morgan fingerprint density at radius 3 is 2.62 bits per heavy atom. The second-order valence-electron chi connectivity index (χ2n) is 6.90. The van der Waals surface area contributed by atoms with Crippen LogP contribution in [0.15, 0.2) is 24.3 Å². The molecule has 0 bridgehead atoms. The third-order valence-electron chi connectivity index (χ3n) is 5.04. The molecular weight excluding hydrogens is 376 g/mol. The minimum atomic E-state index is -3.44. The SMILES string of the molecule is O=C(NC[C@@H]1CCCO1)C1CCN(S(=O)(=O)Cc2ccccc2Cl)CC1. The Hall–Kier alpha value is -1.15. The summed E-state index contributed by atoms with van der Waals surface area (Å²) in [4.78, 5) is 12.3. The molecule has 0 radical (unpaired) electrons. The number of amides is 1. The highest BCUT2D eigenvalue weighted by molar-refractivity contribution is 7.88. The first kappa shape index (κ1) is 19.6. The number of ether oxygens (including phenoxy) is 1. The number of benzene rings is 1. The van der Waals surface area contributed by atoms with Crippen LogP contribution in [0, 0.1) is 5.92 Å². The molecule has 1 aromatic rings. The van der Waals surface area contributed by atoms with Gasteiger partial charge in [-0.25, -0.2) is 12.7 Å². The quantitative estimate of drug-likeness (QED) is 0.794. The second kappa shape index (κ2) is 8.69. The molecule has 1 N–H and O–H groups in total. The van der Waals surface area contributed by atoms with E-state index in [2.05, 4.69) is 5.32 Å². The van der Waals surface area contributed by atoms with E-state index in [0.29, 0.717) is 43.1 Å². The van der Waals surface area contributed by atoms with Gasteiger partial charge in [-0.05, 0) is 37.3 Å². The highest BCUT2D eigenvalue weighted by Crippen LogP contribution is 2.24. The van der Waals surface area contributed by atoms with Gasteiger partial charge < -0.3 is 10.1 Å². The maximum absolute atomic E-state index is 12.6. The molecule has 0 aliphatic carbocycles. The summed E-state index contributed by atoms with van der Waals surface area (Å²) in [7, 11) is -3.44. The van der Waals surface area contributed by atoms with Gasteiger partial charge in [-0.15, -0.1) is 0 Å². The van der Waals surface area contributed by atoms with Crippen molar-refractivity contribution >= 4 is 27.5 Å². The van der Waals surface area contributed by atoms with Crippen molar-refractivity contribution in [1.29, 1.82) is 0 Å². The van der Waals surface area contributed by atoms with Gasteiger partial charge in [0.25, 0.3) is 0 Å². The fourth-order valence-corrected chi connectivity index (χ4v) is 5.34. The number of halogens is 1. The normalized spacial score (nSPS) is 22.4. The topological polar surface area (TPSA) is 75.7 Å². The number of carbonyl (C=O) groups is 1. The first-order valence-electron chi connectivity index (χ1n) is 9.06. The largest absolute Gasteiger partial charge is 0.376 e. The molecule has 2 fully saturated rings. The first-order chi connectivity index (χ1) is 12.5. The van der Waals surface area contributed by atoms with Gasteiger partial charge in [0.1, 0.15) is 0 Å². The van der Waals surface area contributed by atoms with E-state index in [-0.39, 0.29) is 23.7 Å². The highest BCUT2D eigenvalue weighted by atomic mass is 35.5. The molecule has 1 aromatic carbocycles. The molecule has 1 atom stereocenters. The monoisotopic (exact) mass is 400 g/mol. The van der Waals surface area contributed by atoms with Crippen molar-refractivity contribution in [3.63, 3.8) is 0 Å². The number of hydrogen-bond donors (Lipinski definition) is 1. The van der Waals surface area contributed by atoms with E-state index in [9.17, 15) is 13.2 Å². The van der Waals surface area contributed by atoms with Gasteiger partial charge in [-0.1, -0.05) is 29.8 Å². The van der Waals surface area contributed by atoms with Crippen LogP contribution in [-0.4, -0.2) is 51.0 Å². The lowest BCUT2D eigenvalue weighted by atomic mass is 9.97. The van der Waals surface area contributed by atoms with Gasteiger partial charge in [0.05, 0.1) is 11.9 Å². The van der Waals surface area contributed by atoms with E-state index < -0.39 is 10.0 Å². The van der Waals surface area contributed by atoms with Crippen LogP contribution in [0.5, 0.6) is 0 Å². The zero-order chi connectivity index (χ0) is 18.6. The van der Waals surface area contributed by atoms with Crippen LogP contribution in [0.2, 0.25) is 5.02 Å². The summed E-state index contributed by atoms with van der Waals surface area (Å²) in [6, 6.07) is 6.97. The Morgan fingerprint density at radius 2 is 1.96 bits per heavy atom. The summed E-state index contributed by atoms with van der Waals surface area (Å²) in [6.45, 7) is 2.04. The van der Waals surface area contributed by atoms with Crippen LogP contribution >= 0.6 is 11.6 Å². The summed E-state index contributed by atoms with van der Waals surface area (Å²) in [5.74, 6) is -0.241. The molecule has 0 aromatic heterocycles. The molecule has 3 rings (SSSR count). The number of hydrogen-bond acceptors (Lipinski definition) is 4. The molecule has 2 heterocycles. The smallest absolute Gasteiger partial charge is 0.223 e. The van der Waals surface area contributed by atoms with Crippen molar-refractivity contribution < 1.29 is 17.9 Å². The molecule has 0 spiro atoms. The average Bonchev–Trinajstić information content (AvgIpc) is 3.15. The molecule has 0 unspecified atom stereocenters. The van der Waals surface area contributed by atoms with E-state index >= 15 is 0 Å². The van der Waals surface area contributed by atoms with Gasteiger partial charge in [-0.3, -0.25) is 4.79 Å². The lowest BCUT2D eigenvalue weighted by Gasteiger charge is -2.30. The van der Waals surface area contributed by atoms with Crippen molar-refractivity contribution in [3.05, 3.63) is 34.9 Å². The van der Waals surface area contributed by atoms with E-state index in [1.54, 1.807) is 24.3 Å². The van der Waals surface area contributed by atoms with Crippen LogP contribution in [0.1, 0.15) is 31.2 Å². The predicted molar refractivity (Wildman–Crippen MR) is 100 cm³/mol. The zero-order valence-corrected chi connectivity index (χ0v) is 16.3. The third-order valence-corrected chi connectivity index (χ3v) is 7.24. The van der Waals surface area contributed by atoms with Crippen molar-refractivity contribution in [3.8, 4) is 0 Å². The number of sulfonamides is 1. The number of nitrogens with zero attached hydrogens (tertiary/aromatic N) is 1. The Morgan fingerprint density at radius 1 is 1.23 bits per heavy atom. The molecule has 2 aliphatic rings. The van der Waals surface area contributed by atoms with Crippen molar-refractivity contribution in [1.82, 2.24) is 9.62 Å². The van der Waals surface area contributed by atoms with E-state index in [0.717, 1.165) is 19.4 Å². The molecule has 26 heavy (non-hydrogen) atoms. The number of carbonyl (C=O) groups excluding carboxylic acids is 1. The summed E-state index contributed by atoms with van der Waals surface area (Å²) in [6.07, 6.45) is 3.23. The second-order valence-corrected chi connectivity index (χ2v) is 9.28. The van der Waals surface area contributed by atoms with Gasteiger partial charge in [0.2, 0.25) is 15.9 Å². The minimum Gasteiger partial charge on any atom is -0.376 e. The van der Waals surface area contributed by atoms with E-state index in [4.69, 9.17) is 16.3 Å². The average molecular weight is 401 g/mol. The lowest BCUT2D eigenvalue weighted by Crippen LogP contribution is -2.44. The number of rotatable bonds is 6. The number of piperidine rings is 1. The molecular formula is C18H25ClN2O4S. The van der Waals surface area contributed by atoms with Crippen LogP contribution in [0.25, 0.3) is 0 Å². The molecule has 0 saturated carbocycles. The predicted octanol–water partition coefficient (Wildman–Crippen LogP) is 2.18. The lowest BCUT2D eigenvalue weighted by molar-refractivity contribution is -0.126. The third kappa shape index (κ3) is 4.97. The van der Waals surface area contributed by atoms with Crippen LogP contribution in [0.3, 0.4) is 0 Å². The van der Waals surface area contributed by atoms with Crippen molar-refractivity contribution in [2.75, 3.05) is 26.2 Å². The summed E-state index contributed by atoms with van der Waals surface area (Å²) >= 11 is 6.08. The fourth-order valence-electron chi connectivity index (χ4n) is 3.46. The summed E-state index contributed by atoms with van der Waals surface area (Å²) in [5, 5.41) is 3.40. The number of nitrogens with one attached hydrogen (secondary N) is 1. The fraction of sp³-hybridized carbons (Fsp3) is 0.611. The Balaban J connectivity index is 1.49. The minimum absolute atomic E-state index is 0.00338.